The molecule has 3 heteroatoms. The first-order valence-electron chi connectivity index (χ1n) is 6.34. The number of hydrogen-bond donors (Lipinski definition) is 0. The zero-order chi connectivity index (χ0) is 12.3. The van der Waals surface area contributed by atoms with Crippen molar-refractivity contribution < 1.29 is 13.5 Å². The quantitative estimate of drug-likeness (QED) is 0.760. The Bertz CT molecular complexity index is 384. The Labute approximate surface area is 101 Å². The largest absolute Gasteiger partial charge is 0.491 e. The van der Waals surface area contributed by atoms with Gasteiger partial charge in [-0.3, -0.25) is 0 Å². The lowest BCUT2D eigenvalue weighted by molar-refractivity contribution is 0.311. The molecule has 0 saturated heterocycles. The molecule has 0 aliphatic heterocycles. The molecule has 0 heterocycles. The van der Waals surface area contributed by atoms with Crippen LogP contribution in [0.2, 0.25) is 0 Å². The molecular formula is C14H18F2O. The van der Waals surface area contributed by atoms with Gasteiger partial charge in [0, 0.05) is 0 Å². The number of halogens is 2. The molecule has 0 unspecified atom stereocenters. The Morgan fingerprint density at radius 3 is 2.47 bits per heavy atom. The van der Waals surface area contributed by atoms with Crippen LogP contribution in [0.25, 0.3) is 0 Å². The van der Waals surface area contributed by atoms with Gasteiger partial charge < -0.3 is 4.74 Å². The summed E-state index contributed by atoms with van der Waals surface area (Å²) in [7, 11) is 0. The van der Waals surface area contributed by atoms with Crippen LogP contribution in [-0.4, -0.2) is 6.61 Å². The Hall–Kier alpha value is -1.12. The molecule has 0 spiro atoms. The van der Waals surface area contributed by atoms with Gasteiger partial charge in [-0.05, 0) is 37.3 Å². The molecule has 0 radical (unpaired) electrons. The lowest BCUT2D eigenvalue weighted by atomic mass is 9.84. The maximum atomic E-state index is 13.9. The minimum atomic E-state index is -0.838. The van der Waals surface area contributed by atoms with E-state index in [-0.39, 0.29) is 11.7 Å². The van der Waals surface area contributed by atoms with Crippen molar-refractivity contribution in [1.29, 1.82) is 0 Å². The van der Waals surface area contributed by atoms with E-state index in [1.807, 2.05) is 0 Å². The highest BCUT2D eigenvalue weighted by Crippen LogP contribution is 2.36. The van der Waals surface area contributed by atoms with Crippen LogP contribution in [0.4, 0.5) is 8.78 Å². The van der Waals surface area contributed by atoms with Crippen molar-refractivity contribution >= 4 is 0 Å². The van der Waals surface area contributed by atoms with E-state index in [2.05, 4.69) is 0 Å². The van der Waals surface area contributed by atoms with Crippen molar-refractivity contribution in [3.8, 4) is 5.75 Å². The second-order valence-electron chi connectivity index (χ2n) is 4.55. The molecule has 1 aromatic rings. The fourth-order valence-corrected chi connectivity index (χ4v) is 2.54. The zero-order valence-corrected chi connectivity index (χ0v) is 10.1. The van der Waals surface area contributed by atoms with Crippen molar-refractivity contribution in [3.05, 3.63) is 29.3 Å². The van der Waals surface area contributed by atoms with E-state index in [0.29, 0.717) is 12.2 Å². The van der Waals surface area contributed by atoms with Gasteiger partial charge in [-0.2, -0.15) is 4.39 Å². The molecule has 1 nitrogen and oxygen atoms in total. The summed E-state index contributed by atoms with van der Waals surface area (Å²) < 4.78 is 32.7. The van der Waals surface area contributed by atoms with Gasteiger partial charge in [-0.15, -0.1) is 0 Å². The van der Waals surface area contributed by atoms with Gasteiger partial charge in [-0.25, -0.2) is 4.39 Å². The Kier molecular flexibility index (Phi) is 3.97. The second kappa shape index (κ2) is 5.48. The average Bonchev–Trinajstić information content (AvgIpc) is 2.36. The minimum absolute atomic E-state index is 0.0181. The van der Waals surface area contributed by atoms with E-state index in [0.717, 1.165) is 25.7 Å². The van der Waals surface area contributed by atoms with Gasteiger partial charge in [0.25, 0.3) is 0 Å². The first kappa shape index (κ1) is 12.3. The van der Waals surface area contributed by atoms with Crippen LogP contribution in [0, 0.1) is 11.6 Å². The molecule has 0 amide bonds. The molecule has 0 atom stereocenters. The first-order valence-corrected chi connectivity index (χ1v) is 6.34. The standard InChI is InChI=1S/C14H18F2O/c1-2-17-12-9-8-11(13(15)14(12)16)10-6-4-3-5-7-10/h8-10H,2-7H2,1H3. The Morgan fingerprint density at radius 2 is 1.82 bits per heavy atom. The Balaban J connectivity index is 2.26. The highest BCUT2D eigenvalue weighted by molar-refractivity contribution is 5.33. The molecule has 0 aromatic heterocycles. The monoisotopic (exact) mass is 240 g/mol. The Morgan fingerprint density at radius 1 is 1.12 bits per heavy atom. The fourth-order valence-electron chi connectivity index (χ4n) is 2.54. The van der Waals surface area contributed by atoms with E-state index in [1.54, 1.807) is 19.1 Å². The number of hydrogen-bond acceptors (Lipinski definition) is 1. The lowest BCUT2D eigenvalue weighted by Gasteiger charge is -2.22. The van der Waals surface area contributed by atoms with Gasteiger partial charge in [0.2, 0.25) is 5.82 Å². The highest BCUT2D eigenvalue weighted by Gasteiger charge is 2.22. The third-order valence-corrected chi connectivity index (χ3v) is 3.42. The van der Waals surface area contributed by atoms with Crippen LogP contribution in [-0.2, 0) is 0 Å². The van der Waals surface area contributed by atoms with Crippen LogP contribution in [0.15, 0.2) is 12.1 Å². The summed E-state index contributed by atoms with van der Waals surface area (Å²) in [5.41, 5.74) is 0.519. The molecule has 2 rings (SSSR count). The third-order valence-electron chi connectivity index (χ3n) is 3.42. The van der Waals surface area contributed by atoms with Crippen molar-refractivity contribution in [2.45, 2.75) is 44.9 Å². The summed E-state index contributed by atoms with van der Waals surface area (Å²) in [6.45, 7) is 2.10. The second-order valence-corrected chi connectivity index (χ2v) is 4.55. The number of rotatable bonds is 3. The zero-order valence-electron chi connectivity index (χ0n) is 10.1. The third kappa shape index (κ3) is 2.59. The van der Waals surface area contributed by atoms with E-state index < -0.39 is 11.6 Å². The predicted octanol–water partition coefficient (Wildman–Crippen LogP) is 4.41. The van der Waals surface area contributed by atoms with E-state index in [1.165, 1.54) is 6.42 Å². The molecule has 1 saturated carbocycles. The maximum Gasteiger partial charge on any atom is 0.200 e. The van der Waals surface area contributed by atoms with Gasteiger partial charge in [0.1, 0.15) is 0 Å². The van der Waals surface area contributed by atoms with Crippen molar-refractivity contribution in [2.75, 3.05) is 6.61 Å². The van der Waals surface area contributed by atoms with Gasteiger partial charge in [0.05, 0.1) is 6.61 Å². The summed E-state index contributed by atoms with van der Waals surface area (Å²) >= 11 is 0. The highest BCUT2D eigenvalue weighted by atomic mass is 19.2. The minimum Gasteiger partial charge on any atom is -0.491 e. The van der Waals surface area contributed by atoms with Crippen LogP contribution >= 0.6 is 0 Å². The molecule has 17 heavy (non-hydrogen) atoms. The van der Waals surface area contributed by atoms with E-state index in [9.17, 15) is 8.78 Å². The maximum absolute atomic E-state index is 13.9. The molecule has 0 N–H and O–H groups in total. The predicted molar refractivity (Wildman–Crippen MR) is 63.4 cm³/mol. The fraction of sp³-hybridized carbons (Fsp3) is 0.571. The van der Waals surface area contributed by atoms with E-state index >= 15 is 0 Å². The molecule has 0 bridgehead atoms. The smallest absolute Gasteiger partial charge is 0.200 e. The van der Waals surface area contributed by atoms with Crippen molar-refractivity contribution in [1.82, 2.24) is 0 Å². The molecule has 1 aromatic carbocycles. The van der Waals surface area contributed by atoms with Crippen molar-refractivity contribution in [3.63, 3.8) is 0 Å². The number of ether oxygens (including phenoxy) is 1. The average molecular weight is 240 g/mol. The van der Waals surface area contributed by atoms with Gasteiger partial charge in [0.15, 0.2) is 11.6 Å². The van der Waals surface area contributed by atoms with Crippen LogP contribution in [0.3, 0.4) is 0 Å². The topological polar surface area (TPSA) is 9.23 Å². The molecule has 1 aliphatic rings. The summed E-state index contributed by atoms with van der Waals surface area (Å²) in [4.78, 5) is 0. The summed E-state index contributed by atoms with van der Waals surface area (Å²) in [6, 6.07) is 3.23. The van der Waals surface area contributed by atoms with Gasteiger partial charge >= 0.3 is 0 Å². The van der Waals surface area contributed by atoms with Crippen molar-refractivity contribution in [2.24, 2.45) is 0 Å². The van der Waals surface area contributed by atoms with Crippen LogP contribution in [0.1, 0.15) is 50.5 Å². The lowest BCUT2D eigenvalue weighted by Crippen LogP contribution is -2.08. The molecular weight excluding hydrogens is 222 g/mol. The van der Waals surface area contributed by atoms with Crippen LogP contribution < -0.4 is 4.74 Å². The molecule has 1 fully saturated rings. The number of benzene rings is 1. The summed E-state index contributed by atoms with van der Waals surface area (Å²) in [5, 5.41) is 0. The van der Waals surface area contributed by atoms with Crippen LogP contribution in [0.5, 0.6) is 5.75 Å². The first-order chi connectivity index (χ1) is 8.24. The van der Waals surface area contributed by atoms with E-state index in [4.69, 9.17) is 4.74 Å². The van der Waals surface area contributed by atoms with Gasteiger partial charge in [-0.1, -0.05) is 25.3 Å². The summed E-state index contributed by atoms with van der Waals surface area (Å²) in [5.74, 6) is -1.36. The molecule has 94 valence electrons. The molecule has 1 aliphatic carbocycles. The SMILES string of the molecule is CCOc1ccc(C2CCCCC2)c(F)c1F. The normalized spacial score (nSPS) is 17.1. The summed E-state index contributed by atoms with van der Waals surface area (Å²) in [6.07, 6.45) is 5.35.